The number of H-pyrrole nitrogens is 1. The van der Waals surface area contributed by atoms with Crippen LogP contribution < -0.4 is 0 Å². The maximum Gasteiger partial charge on any atom is 0.354 e. The summed E-state index contributed by atoms with van der Waals surface area (Å²) in [5, 5.41) is 1.10. The highest BCUT2D eigenvalue weighted by Gasteiger charge is 2.12. The zero-order valence-electron chi connectivity index (χ0n) is 9.70. The Hall–Kier alpha value is -1.77. The SMILES string of the molecule is COC(=O)c1cc2c(C(C)C)cccc2[nH]1. The number of nitrogens with one attached hydrogen (secondary N) is 1. The number of carbonyl (C=O) groups excluding carboxylic acids is 1. The first-order chi connectivity index (χ1) is 7.63. The van der Waals surface area contributed by atoms with Crippen LogP contribution in [0.25, 0.3) is 10.9 Å². The largest absolute Gasteiger partial charge is 0.464 e. The molecule has 2 rings (SSSR count). The van der Waals surface area contributed by atoms with E-state index in [0.29, 0.717) is 11.6 Å². The van der Waals surface area contributed by atoms with Crippen molar-refractivity contribution >= 4 is 16.9 Å². The van der Waals surface area contributed by atoms with Crippen LogP contribution in [0.15, 0.2) is 24.3 Å². The van der Waals surface area contributed by atoms with Crippen LogP contribution >= 0.6 is 0 Å². The summed E-state index contributed by atoms with van der Waals surface area (Å²) in [5.41, 5.74) is 2.72. The molecule has 1 heterocycles. The molecular formula is C13H15NO2. The minimum Gasteiger partial charge on any atom is -0.464 e. The highest BCUT2D eigenvalue weighted by atomic mass is 16.5. The zero-order chi connectivity index (χ0) is 11.7. The number of carbonyl (C=O) groups is 1. The van der Waals surface area contributed by atoms with Crippen LogP contribution in [-0.2, 0) is 4.74 Å². The number of aromatic nitrogens is 1. The van der Waals surface area contributed by atoms with Gasteiger partial charge in [-0.1, -0.05) is 26.0 Å². The fourth-order valence-electron chi connectivity index (χ4n) is 1.90. The molecule has 0 aliphatic carbocycles. The van der Waals surface area contributed by atoms with Crippen molar-refractivity contribution in [3.8, 4) is 0 Å². The Labute approximate surface area is 94.4 Å². The standard InChI is InChI=1S/C13H15NO2/c1-8(2)9-5-4-6-11-10(9)7-12(14-11)13(15)16-3/h4-8,14H,1-3H3. The molecule has 0 amide bonds. The van der Waals surface area contributed by atoms with Gasteiger partial charge < -0.3 is 9.72 Å². The highest BCUT2D eigenvalue weighted by Crippen LogP contribution is 2.26. The van der Waals surface area contributed by atoms with Gasteiger partial charge in [-0.3, -0.25) is 0 Å². The first-order valence-electron chi connectivity index (χ1n) is 5.33. The van der Waals surface area contributed by atoms with Gasteiger partial charge in [-0.15, -0.1) is 0 Å². The van der Waals surface area contributed by atoms with Gasteiger partial charge in [0.1, 0.15) is 5.69 Å². The Morgan fingerprint density at radius 3 is 2.75 bits per heavy atom. The van der Waals surface area contributed by atoms with E-state index in [1.54, 1.807) is 0 Å². The van der Waals surface area contributed by atoms with Crippen molar-refractivity contribution in [1.29, 1.82) is 0 Å². The molecule has 0 atom stereocenters. The lowest BCUT2D eigenvalue weighted by Gasteiger charge is -2.05. The number of hydrogen-bond acceptors (Lipinski definition) is 2. The molecule has 0 aliphatic rings. The van der Waals surface area contributed by atoms with E-state index in [-0.39, 0.29) is 5.97 Å². The minimum absolute atomic E-state index is 0.328. The highest BCUT2D eigenvalue weighted by molar-refractivity contribution is 5.96. The lowest BCUT2D eigenvalue weighted by Crippen LogP contribution is -2.00. The molecular weight excluding hydrogens is 202 g/mol. The van der Waals surface area contributed by atoms with Crippen LogP contribution in [0.2, 0.25) is 0 Å². The molecule has 0 radical (unpaired) electrons. The number of aromatic amines is 1. The summed E-state index contributed by atoms with van der Waals surface area (Å²) in [6.07, 6.45) is 0. The second-order valence-electron chi connectivity index (χ2n) is 4.14. The first-order valence-corrected chi connectivity index (χ1v) is 5.33. The number of hydrogen-bond donors (Lipinski definition) is 1. The third-order valence-electron chi connectivity index (χ3n) is 2.73. The van der Waals surface area contributed by atoms with Gasteiger partial charge in [0.25, 0.3) is 0 Å². The van der Waals surface area contributed by atoms with Gasteiger partial charge in [0.15, 0.2) is 0 Å². The predicted molar refractivity (Wildman–Crippen MR) is 63.7 cm³/mol. The van der Waals surface area contributed by atoms with E-state index >= 15 is 0 Å². The second-order valence-corrected chi connectivity index (χ2v) is 4.14. The molecule has 0 spiro atoms. The molecule has 3 nitrogen and oxygen atoms in total. The van der Waals surface area contributed by atoms with Crippen LogP contribution in [0.5, 0.6) is 0 Å². The van der Waals surface area contributed by atoms with Crippen molar-refractivity contribution in [2.24, 2.45) is 0 Å². The van der Waals surface area contributed by atoms with Crippen LogP contribution in [-0.4, -0.2) is 18.1 Å². The zero-order valence-corrected chi connectivity index (χ0v) is 9.70. The Morgan fingerprint density at radius 1 is 1.38 bits per heavy atom. The predicted octanol–water partition coefficient (Wildman–Crippen LogP) is 3.08. The van der Waals surface area contributed by atoms with E-state index < -0.39 is 0 Å². The number of esters is 1. The monoisotopic (exact) mass is 217 g/mol. The number of fused-ring (bicyclic) bond motifs is 1. The Morgan fingerprint density at radius 2 is 2.12 bits per heavy atom. The molecule has 1 N–H and O–H groups in total. The number of benzene rings is 1. The Kier molecular flexibility index (Phi) is 2.69. The minimum atomic E-state index is -0.328. The second kappa shape index (κ2) is 4.00. The van der Waals surface area contributed by atoms with Gasteiger partial charge in [0, 0.05) is 10.9 Å². The summed E-state index contributed by atoms with van der Waals surface area (Å²) in [7, 11) is 1.39. The Bertz CT molecular complexity index is 526. The molecule has 84 valence electrons. The molecule has 0 aliphatic heterocycles. The maximum absolute atomic E-state index is 11.4. The summed E-state index contributed by atoms with van der Waals surface area (Å²) in [6, 6.07) is 7.90. The van der Waals surface area contributed by atoms with Crippen LogP contribution in [0.1, 0.15) is 35.8 Å². The van der Waals surface area contributed by atoms with Crippen molar-refractivity contribution in [2.45, 2.75) is 19.8 Å². The fraction of sp³-hybridized carbons (Fsp3) is 0.308. The Balaban J connectivity index is 2.61. The summed E-state index contributed by atoms with van der Waals surface area (Å²) >= 11 is 0. The van der Waals surface area contributed by atoms with Crippen molar-refractivity contribution in [3.63, 3.8) is 0 Å². The van der Waals surface area contributed by atoms with E-state index in [1.165, 1.54) is 12.7 Å². The average Bonchev–Trinajstić information content (AvgIpc) is 2.70. The van der Waals surface area contributed by atoms with Crippen LogP contribution in [0, 0.1) is 0 Å². The van der Waals surface area contributed by atoms with Crippen LogP contribution in [0.3, 0.4) is 0 Å². The summed E-state index contributed by atoms with van der Waals surface area (Å²) in [6.45, 7) is 4.28. The number of ether oxygens (including phenoxy) is 1. The topological polar surface area (TPSA) is 42.1 Å². The van der Waals surface area contributed by atoms with Crippen LogP contribution in [0.4, 0.5) is 0 Å². The van der Waals surface area contributed by atoms with Gasteiger partial charge in [-0.2, -0.15) is 0 Å². The fourth-order valence-corrected chi connectivity index (χ4v) is 1.90. The quantitative estimate of drug-likeness (QED) is 0.785. The maximum atomic E-state index is 11.4. The normalized spacial score (nSPS) is 11.0. The molecule has 0 saturated heterocycles. The molecule has 3 heteroatoms. The average molecular weight is 217 g/mol. The van der Waals surface area contributed by atoms with Gasteiger partial charge in [-0.25, -0.2) is 4.79 Å². The molecule has 0 saturated carbocycles. The molecule has 16 heavy (non-hydrogen) atoms. The van der Waals surface area contributed by atoms with E-state index in [0.717, 1.165) is 10.9 Å². The van der Waals surface area contributed by atoms with Crippen molar-refractivity contribution in [3.05, 3.63) is 35.5 Å². The van der Waals surface area contributed by atoms with E-state index in [4.69, 9.17) is 4.74 Å². The lowest BCUT2D eigenvalue weighted by atomic mass is 9.99. The molecule has 1 aromatic carbocycles. The molecule has 0 unspecified atom stereocenters. The first kappa shape index (κ1) is 10.7. The van der Waals surface area contributed by atoms with E-state index in [2.05, 4.69) is 24.9 Å². The third-order valence-corrected chi connectivity index (χ3v) is 2.73. The van der Waals surface area contributed by atoms with Gasteiger partial charge >= 0.3 is 5.97 Å². The lowest BCUT2D eigenvalue weighted by molar-refractivity contribution is 0.0595. The van der Waals surface area contributed by atoms with E-state index in [1.807, 2.05) is 18.2 Å². The van der Waals surface area contributed by atoms with Crippen molar-refractivity contribution in [2.75, 3.05) is 7.11 Å². The van der Waals surface area contributed by atoms with Gasteiger partial charge in [0.05, 0.1) is 7.11 Å². The van der Waals surface area contributed by atoms with Gasteiger partial charge in [0.2, 0.25) is 0 Å². The number of methoxy groups -OCH3 is 1. The molecule has 1 aromatic heterocycles. The summed E-state index contributed by atoms with van der Waals surface area (Å²) in [4.78, 5) is 14.5. The van der Waals surface area contributed by atoms with Crippen molar-refractivity contribution < 1.29 is 9.53 Å². The van der Waals surface area contributed by atoms with Crippen molar-refractivity contribution in [1.82, 2.24) is 4.98 Å². The number of rotatable bonds is 2. The summed E-state index contributed by atoms with van der Waals surface area (Å²) < 4.78 is 4.70. The molecule has 2 aromatic rings. The van der Waals surface area contributed by atoms with Gasteiger partial charge in [-0.05, 0) is 23.6 Å². The smallest absolute Gasteiger partial charge is 0.354 e. The molecule has 0 fully saturated rings. The summed E-state index contributed by atoms with van der Waals surface area (Å²) in [5.74, 6) is 0.107. The molecule has 0 bridgehead atoms. The van der Waals surface area contributed by atoms with E-state index in [9.17, 15) is 4.79 Å². The third kappa shape index (κ3) is 1.69.